The van der Waals surface area contributed by atoms with Gasteiger partial charge in [0.05, 0.1) is 6.54 Å². The van der Waals surface area contributed by atoms with E-state index in [1.807, 2.05) is 0 Å². The van der Waals surface area contributed by atoms with Gasteiger partial charge in [0.1, 0.15) is 0 Å². The summed E-state index contributed by atoms with van der Waals surface area (Å²) in [4.78, 5) is 5.05. The molecule has 0 saturated carbocycles. The molecule has 1 aromatic heterocycles. The Morgan fingerprint density at radius 2 is 1.79 bits per heavy atom. The van der Waals surface area contributed by atoms with E-state index < -0.39 is 12.0 Å². The summed E-state index contributed by atoms with van der Waals surface area (Å²) in [5.74, 6) is -1.59. The Bertz CT molecular complexity index is 412. The highest BCUT2D eigenvalue weighted by atomic mass is 19.4. The summed E-state index contributed by atoms with van der Waals surface area (Å²) in [6, 6.07) is 0. The molecule has 0 bridgehead atoms. The van der Waals surface area contributed by atoms with E-state index >= 15 is 0 Å². The van der Waals surface area contributed by atoms with Gasteiger partial charge in [-0.1, -0.05) is 5.16 Å². The number of rotatable bonds is 4. The number of halogens is 3. The maximum Gasteiger partial charge on any atom is 0.455 e. The maximum atomic E-state index is 12.3. The van der Waals surface area contributed by atoms with Crippen LogP contribution in [-0.4, -0.2) is 51.6 Å². The monoisotopic (exact) mass is 281 g/mol. The summed E-state index contributed by atoms with van der Waals surface area (Å²) in [6.45, 7) is 0.895. The molecule has 2 atom stereocenters. The van der Waals surface area contributed by atoms with Crippen LogP contribution in [0.1, 0.15) is 11.7 Å². The van der Waals surface area contributed by atoms with Gasteiger partial charge in [0.25, 0.3) is 5.82 Å². The van der Waals surface area contributed by atoms with Crippen molar-refractivity contribution in [1.82, 2.24) is 15.0 Å². The number of nitrogens with zero attached hydrogens (tertiary/aromatic N) is 3. The second kappa shape index (κ2) is 5.43. The molecule has 0 radical (unpaired) electrons. The van der Waals surface area contributed by atoms with Crippen LogP contribution in [0.2, 0.25) is 0 Å². The van der Waals surface area contributed by atoms with Crippen molar-refractivity contribution in [3.8, 4) is 0 Å². The van der Waals surface area contributed by atoms with E-state index in [2.05, 4.69) is 14.7 Å². The van der Waals surface area contributed by atoms with Crippen LogP contribution in [0.3, 0.4) is 0 Å². The predicted octanol–water partition coefficient (Wildman–Crippen LogP) is 0.121. The highest BCUT2D eigenvalue weighted by molar-refractivity contribution is 4.92. The maximum absolute atomic E-state index is 12.3. The first-order chi connectivity index (χ1) is 8.94. The number of aromatic nitrogens is 2. The van der Waals surface area contributed by atoms with Gasteiger partial charge >= 0.3 is 6.18 Å². The minimum absolute atomic E-state index is 0.0701. The molecule has 0 unspecified atom stereocenters. The summed E-state index contributed by atoms with van der Waals surface area (Å²) in [5, 5.41) is 21.1. The minimum atomic E-state index is -4.62. The van der Waals surface area contributed by atoms with Crippen molar-refractivity contribution in [3.63, 3.8) is 0 Å². The van der Waals surface area contributed by atoms with Gasteiger partial charge in [-0.2, -0.15) is 18.2 Å². The molecule has 9 heteroatoms. The van der Waals surface area contributed by atoms with E-state index in [1.165, 1.54) is 0 Å². The molecule has 0 aromatic carbocycles. The zero-order chi connectivity index (χ0) is 14.0. The Morgan fingerprint density at radius 1 is 1.21 bits per heavy atom. The van der Waals surface area contributed by atoms with E-state index in [4.69, 9.17) is 10.2 Å². The molecular formula is C10H14F3N3O3. The van der Waals surface area contributed by atoms with Crippen molar-refractivity contribution in [2.24, 2.45) is 11.8 Å². The number of aliphatic hydroxyl groups is 2. The van der Waals surface area contributed by atoms with Crippen LogP contribution >= 0.6 is 0 Å². The second-order valence-electron chi connectivity index (χ2n) is 4.59. The fraction of sp³-hybridized carbons (Fsp3) is 0.800. The summed E-state index contributed by atoms with van der Waals surface area (Å²) in [7, 11) is 0. The molecule has 19 heavy (non-hydrogen) atoms. The fourth-order valence-electron chi connectivity index (χ4n) is 2.20. The summed E-state index contributed by atoms with van der Waals surface area (Å²) >= 11 is 0. The SMILES string of the molecule is OC[C@@H]1CN(Cc2nc(C(F)(F)F)no2)C[C@H]1CO. The highest BCUT2D eigenvalue weighted by Gasteiger charge is 2.38. The van der Waals surface area contributed by atoms with Gasteiger partial charge in [0.2, 0.25) is 5.89 Å². The molecule has 0 spiro atoms. The number of aliphatic hydroxyl groups excluding tert-OH is 2. The molecule has 1 saturated heterocycles. The van der Waals surface area contributed by atoms with E-state index in [-0.39, 0.29) is 37.5 Å². The van der Waals surface area contributed by atoms with E-state index in [0.717, 1.165) is 0 Å². The summed E-state index contributed by atoms with van der Waals surface area (Å²) < 4.78 is 41.4. The zero-order valence-electron chi connectivity index (χ0n) is 9.97. The Labute approximate surface area is 106 Å². The van der Waals surface area contributed by atoms with Crippen molar-refractivity contribution in [2.45, 2.75) is 12.7 Å². The fourth-order valence-corrected chi connectivity index (χ4v) is 2.20. The van der Waals surface area contributed by atoms with Crippen molar-refractivity contribution in [3.05, 3.63) is 11.7 Å². The molecule has 1 aromatic rings. The normalized spacial score (nSPS) is 25.1. The van der Waals surface area contributed by atoms with Gasteiger partial charge in [-0.15, -0.1) is 0 Å². The third-order valence-corrected chi connectivity index (χ3v) is 3.20. The second-order valence-corrected chi connectivity index (χ2v) is 4.59. The Balaban J connectivity index is 1.97. The van der Waals surface area contributed by atoms with Gasteiger partial charge in [-0.3, -0.25) is 4.90 Å². The number of hydrogen-bond donors (Lipinski definition) is 2. The van der Waals surface area contributed by atoms with Gasteiger partial charge in [0, 0.05) is 38.1 Å². The van der Waals surface area contributed by atoms with Crippen molar-refractivity contribution >= 4 is 0 Å². The molecule has 2 heterocycles. The van der Waals surface area contributed by atoms with Crippen molar-refractivity contribution in [1.29, 1.82) is 0 Å². The standard InChI is InChI=1S/C10H14F3N3O3/c11-10(12,13)9-14-8(19-15-9)3-16-1-6(4-17)7(2-16)5-18/h6-7,17-18H,1-5H2/t6-,7-/m0/s1. The Morgan fingerprint density at radius 3 is 2.21 bits per heavy atom. The third kappa shape index (κ3) is 3.23. The van der Waals surface area contributed by atoms with E-state index in [9.17, 15) is 13.2 Å². The van der Waals surface area contributed by atoms with Gasteiger partial charge in [-0.05, 0) is 0 Å². The lowest BCUT2D eigenvalue weighted by Gasteiger charge is -2.11. The molecule has 1 aliphatic heterocycles. The predicted molar refractivity (Wildman–Crippen MR) is 55.7 cm³/mol. The summed E-state index contributed by atoms with van der Waals surface area (Å²) in [5.41, 5.74) is 0. The van der Waals surface area contributed by atoms with Gasteiger partial charge in [0.15, 0.2) is 0 Å². The van der Waals surface area contributed by atoms with E-state index in [1.54, 1.807) is 4.90 Å². The smallest absolute Gasteiger partial charge is 0.396 e. The molecule has 0 amide bonds. The van der Waals surface area contributed by atoms with Crippen LogP contribution < -0.4 is 0 Å². The minimum Gasteiger partial charge on any atom is -0.396 e. The lowest BCUT2D eigenvalue weighted by molar-refractivity contribution is -0.146. The molecule has 1 fully saturated rings. The number of alkyl halides is 3. The van der Waals surface area contributed by atoms with Crippen molar-refractivity contribution in [2.75, 3.05) is 26.3 Å². The molecular weight excluding hydrogens is 267 g/mol. The lowest BCUT2D eigenvalue weighted by Crippen LogP contribution is -2.21. The topological polar surface area (TPSA) is 82.6 Å². The molecule has 6 nitrogen and oxygen atoms in total. The van der Waals surface area contributed by atoms with Gasteiger partial charge < -0.3 is 14.7 Å². The van der Waals surface area contributed by atoms with Crippen molar-refractivity contribution < 1.29 is 27.9 Å². The largest absolute Gasteiger partial charge is 0.455 e. The summed E-state index contributed by atoms with van der Waals surface area (Å²) in [6.07, 6.45) is -4.62. The van der Waals surface area contributed by atoms with Crippen LogP contribution in [0.5, 0.6) is 0 Å². The van der Waals surface area contributed by atoms with Gasteiger partial charge in [-0.25, -0.2) is 0 Å². The van der Waals surface area contributed by atoms with E-state index in [0.29, 0.717) is 13.1 Å². The first-order valence-electron chi connectivity index (χ1n) is 5.78. The number of hydrogen-bond acceptors (Lipinski definition) is 6. The molecule has 2 N–H and O–H groups in total. The Hall–Kier alpha value is -1.19. The highest BCUT2D eigenvalue weighted by Crippen LogP contribution is 2.27. The quantitative estimate of drug-likeness (QED) is 0.816. The van der Waals surface area contributed by atoms with Crippen LogP contribution in [0.25, 0.3) is 0 Å². The average Bonchev–Trinajstić information content (AvgIpc) is 2.95. The third-order valence-electron chi connectivity index (χ3n) is 3.20. The van der Waals surface area contributed by atoms with Crippen LogP contribution in [0.4, 0.5) is 13.2 Å². The van der Waals surface area contributed by atoms with Crippen LogP contribution in [0, 0.1) is 11.8 Å². The Kier molecular flexibility index (Phi) is 4.07. The molecule has 1 aliphatic rings. The average molecular weight is 281 g/mol. The zero-order valence-corrected chi connectivity index (χ0v) is 9.97. The van der Waals surface area contributed by atoms with Crippen LogP contribution in [0.15, 0.2) is 4.52 Å². The molecule has 108 valence electrons. The molecule has 0 aliphatic carbocycles. The first kappa shape index (κ1) is 14.2. The number of likely N-dealkylation sites (tertiary alicyclic amines) is 1. The lowest BCUT2D eigenvalue weighted by atomic mass is 9.98. The molecule has 2 rings (SSSR count). The van der Waals surface area contributed by atoms with Crippen LogP contribution in [-0.2, 0) is 12.7 Å². The first-order valence-corrected chi connectivity index (χ1v) is 5.78.